The van der Waals surface area contributed by atoms with Gasteiger partial charge in [0.25, 0.3) is 15.9 Å². The van der Waals surface area contributed by atoms with Gasteiger partial charge in [-0.2, -0.15) is 9.97 Å². The molecule has 2 amide bonds. The Kier molecular flexibility index (Phi) is 9.59. The lowest BCUT2D eigenvalue weighted by atomic mass is 10.1. The Morgan fingerprint density at radius 1 is 1.06 bits per heavy atom. The zero-order chi connectivity index (χ0) is 34.9. The summed E-state index contributed by atoms with van der Waals surface area (Å²) >= 11 is 1.26. The van der Waals surface area contributed by atoms with E-state index in [2.05, 4.69) is 27.9 Å². The average Bonchev–Trinajstić information content (AvgIpc) is 3.83. The number of likely N-dealkylation sites (N-methyl/N-ethyl adjacent to an activating group) is 1. The van der Waals surface area contributed by atoms with E-state index in [0.29, 0.717) is 46.9 Å². The number of hydrogen-bond acceptors (Lipinski definition) is 11. The van der Waals surface area contributed by atoms with Gasteiger partial charge in [0.1, 0.15) is 16.4 Å². The number of rotatable bonds is 12. The SMILES string of the molecule is CCCN(C)CC(=O)N1CCc2cc(OC)c(Nc3nc(Nc4ccsc4C(=O)NC)c4ccn(S(=O)(=O)c5ccc(C)cc5)c4n3)cc21. The minimum Gasteiger partial charge on any atom is -0.495 e. The number of hydrogen-bond donors (Lipinski definition) is 3. The van der Waals surface area contributed by atoms with Gasteiger partial charge in [0.15, 0.2) is 5.65 Å². The van der Waals surface area contributed by atoms with Crippen molar-refractivity contribution in [2.75, 3.05) is 56.4 Å². The molecule has 0 aliphatic carbocycles. The van der Waals surface area contributed by atoms with Crippen LogP contribution in [-0.2, 0) is 21.2 Å². The molecule has 0 spiro atoms. The van der Waals surface area contributed by atoms with Crippen molar-refractivity contribution >= 4 is 73.0 Å². The first-order valence-electron chi connectivity index (χ1n) is 15.8. The monoisotopic (exact) mass is 702 g/mol. The number of fused-ring (bicyclic) bond motifs is 2. The fourth-order valence-electron chi connectivity index (χ4n) is 5.82. The minimum atomic E-state index is -4.05. The van der Waals surface area contributed by atoms with Crippen LogP contribution in [-0.4, -0.2) is 79.9 Å². The number of nitrogens with one attached hydrogen (secondary N) is 3. The summed E-state index contributed by atoms with van der Waals surface area (Å²) in [6.07, 6.45) is 3.07. The van der Waals surface area contributed by atoms with E-state index in [0.717, 1.165) is 33.8 Å². The molecule has 49 heavy (non-hydrogen) atoms. The number of nitrogens with zero attached hydrogens (tertiary/aromatic N) is 5. The van der Waals surface area contributed by atoms with Crippen LogP contribution < -0.4 is 25.6 Å². The number of thiophene rings is 1. The van der Waals surface area contributed by atoms with Crippen molar-refractivity contribution in [3.63, 3.8) is 0 Å². The first kappa shape index (κ1) is 33.9. The molecule has 6 rings (SSSR count). The van der Waals surface area contributed by atoms with Gasteiger partial charge in [0.2, 0.25) is 11.9 Å². The smallest absolute Gasteiger partial charge is 0.269 e. The predicted octanol–water partition coefficient (Wildman–Crippen LogP) is 5.12. The van der Waals surface area contributed by atoms with Crippen molar-refractivity contribution in [3.05, 3.63) is 76.1 Å². The highest BCUT2D eigenvalue weighted by Gasteiger charge is 2.28. The number of ether oxygens (including phenoxy) is 1. The van der Waals surface area contributed by atoms with E-state index < -0.39 is 10.0 Å². The van der Waals surface area contributed by atoms with E-state index in [9.17, 15) is 18.0 Å². The molecule has 0 bridgehead atoms. The first-order valence-corrected chi connectivity index (χ1v) is 18.1. The van der Waals surface area contributed by atoms with E-state index in [1.807, 2.05) is 31.0 Å². The van der Waals surface area contributed by atoms with Gasteiger partial charge >= 0.3 is 0 Å². The molecule has 5 aromatic rings. The third kappa shape index (κ3) is 6.69. The van der Waals surface area contributed by atoms with Gasteiger partial charge in [-0.25, -0.2) is 12.4 Å². The molecular formula is C34H38N8O5S2. The Hall–Kier alpha value is -4.99. The first-order chi connectivity index (χ1) is 23.5. The summed E-state index contributed by atoms with van der Waals surface area (Å²) in [5.74, 6) is 0.587. The van der Waals surface area contributed by atoms with Gasteiger partial charge in [-0.15, -0.1) is 11.3 Å². The Morgan fingerprint density at radius 3 is 2.55 bits per heavy atom. The molecule has 15 heteroatoms. The van der Waals surface area contributed by atoms with Crippen LogP contribution in [0.3, 0.4) is 0 Å². The van der Waals surface area contributed by atoms with Crippen molar-refractivity contribution in [1.82, 2.24) is 24.2 Å². The summed E-state index contributed by atoms with van der Waals surface area (Å²) in [6, 6.07) is 13.7. The molecular weight excluding hydrogens is 665 g/mol. The Balaban J connectivity index is 1.44. The van der Waals surface area contributed by atoms with Crippen LogP contribution in [0.25, 0.3) is 11.0 Å². The van der Waals surface area contributed by atoms with Gasteiger partial charge in [0, 0.05) is 25.5 Å². The van der Waals surface area contributed by atoms with Crippen LogP contribution in [0.2, 0.25) is 0 Å². The Morgan fingerprint density at radius 2 is 1.84 bits per heavy atom. The van der Waals surface area contributed by atoms with Crippen molar-refractivity contribution < 1.29 is 22.7 Å². The third-order valence-corrected chi connectivity index (χ3v) is 10.9. The molecule has 0 saturated heterocycles. The van der Waals surface area contributed by atoms with Crippen molar-refractivity contribution in [1.29, 1.82) is 0 Å². The van der Waals surface area contributed by atoms with E-state index >= 15 is 0 Å². The maximum Gasteiger partial charge on any atom is 0.269 e. The lowest BCUT2D eigenvalue weighted by molar-refractivity contribution is -0.119. The molecule has 0 unspecified atom stereocenters. The van der Waals surface area contributed by atoms with E-state index in [-0.39, 0.29) is 34.1 Å². The zero-order valence-corrected chi connectivity index (χ0v) is 29.5. The molecule has 0 atom stereocenters. The molecule has 3 aromatic heterocycles. The highest BCUT2D eigenvalue weighted by molar-refractivity contribution is 7.90. The van der Waals surface area contributed by atoms with Gasteiger partial charge in [-0.05, 0) is 80.7 Å². The number of carbonyl (C=O) groups is 2. The summed E-state index contributed by atoms with van der Waals surface area (Å²) in [5.41, 5.74) is 3.78. The van der Waals surface area contributed by atoms with E-state index in [1.165, 1.54) is 17.5 Å². The molecule has 0 fully saturated rings. The van der Waals surface area contributed by atoms with Crippen molar-refractivity contribution in [2.45, 2.75) is 31.6 Å². The summed E-state index contributed by atoms with van der Waals surface area (Å²) in [6.45, 7) is 5.62. The molecule has 2 aromatic carbocycles. The molecule has 256 valence electrons. The fraction of sp³-hybridized carbons (Fsp3) is 0.294. The van der Waals surface area contributed by atoms with Gasteiger partial charge in [0.05, 0.1) is 35.3 Å². The van der Waals surface area contributed by atoms with Gasteiger partial charge in [-0.3, -0.25) is 14.5 Å². The summed E-state index contributed by atoms with van der Waals surface area (Å²) < 4.78 is 34.6. The average molecular weight is 703 g/mol. The fourth-order valence-corrected chi connectivity index (χ4v) is 7.91. The molecule has 13 nitrogen and oxygen atoms in total. The van der Waals surface area contributed by atoms with Crippen LogP contribution >= 0.6 is 11.3 Å². The maximum atomic E-state index is 13.9. The number of anilines is 5. The number of amides is 2. The molecule has 0 radical (unpaired) electrons. The zero-order valence-electron chi connectivity index (χ0n) is 27.9. The number of methoxy groups -OCH3 is 1. The van der Waals surface area contributed by atoms with Crippen LogP contribution in [0.15, 0.2) is 65.0 Å². The predicted molar refractivity (Wildman–Crippen MR) is 192 cm³/mol. The van der Waals surface area contributed by atoms with Gasteiger partial charge < -0.3 is 25.6 Å². The van der Waals surface area contributed by atoms with Crippen LogP contribution in [0.5, 0.6) is 5.75 Å². The van der Waals surface area contributed by atoms with E-state index in [1.54, 1.807) is 60.8 Å². The normalized spacial score (nSPS) is 12.7. The van der Waals surface area contributed by atoms with E-state index in [4.69, 9.17) is 9.72 Å². The molecule has 4 heterocycles. The summed E-state index contributed by atoms with van der Waals surface area (Å²) in [5, 5.41) is 11.3. The summed E-state index contributed by atoms with van der Waals surface area (Å²) in [7, 11) is 0.987. The Labute approximate surface area is 289 Å². The largest absolute Gasteiger partial charge is 0.495 e. The summed E-state index contributed by atoms with van der Waals surface area (Å²) in [4.78, 5) is 39.7. The number of benzene rings is 2. The number of carbonyl (C=O) groups excluding carboxylic acids is 2. The van der Waals surface area contributed by atoms with Crippen LogP contribution in [0.1, 0.15) is 34.1 Å². The van der Waals surface area contributed by atoms with Gasteiger partial charge in [-0.1, -0.05) is 24.6 Å². The minimum absolute atomic E-state index is 0.00297. The molecule has 3 N–H and O–H groups in total. The molecule has 1 aliphatic rings. The van der Waals surface area contributed by atoms with Crippen LogP contribution in [0, 0.1) is 6.92 Å². The molecule has 1 aliphatic heterocycles. The topological polar surface area (TPSA) is 151 Å². The van der Waals surface area contributed by atoms with Crippen molar-refractivity contribution in [2.24, 2.45) is 0 Å². The second-order valence-corrected chi connectivity index (χ2v) is 14.5. The highest BCUT2D eigenvalue weighted by atomic mass is 32.2. The highest BCUT2D eigenvalue weighted by Crippen LogP contribution is 2.39. The quantitative estimate of drug-likeness (QED) is 0.160. The number of aromatic nitrogens is 3. The second kappa shape index (κ2) is 13.9. The maximum absolute atomic E-state index is 13.9. The number of aryl methyl sites for hydroxylation is 1. The lowest BCUT2D eigenvalue weighted by Gasteiger charge is -2.22. The van der Waals surface area contributed by atoms with Crippen LogP contribution in [0.4, 0.5) is 28.8 Å². The van der Waals surface area contributed by atoms with Crippen molar-refractivity contribution in [3.8, 4) is 5.75 Å². The Bertz CT molecular complexity index is 2140. The second-order valence-electron chi connectivity index (χ2n) is 11.8. The standard InChI is InChI=1S/C34H38N8O5S2/c1-6-14-40(4)20-29(43)41-15-11-22-18-28(47-5)26(19-27(22)41)37-34-38-31(36-25-13-17-48-30(25)33(44)35-3)24-12-16-42(32(24)39-34)49(45,46)23-9-7-21(2)8-10-23/h7-10,12-13,16-19H,6,11,14-15,20H2,1-5H3,(H,35,44)(H2,36,37,38,39). The third-order valence-electron chi connectivity index (χ3n) is 8.29. The molecule has 0 saturated carbocycles. The lowest BCUT2D eigenvalue weighted by Crippen LogP contribution is -2.38.